The number of thiophene rings is 1. The van der Waals surface area contributed by atoms with Gasteiger partial charge in [-0.25, -0.2) is 4.98 Å². The molecule has 0 atom stereocenters. The highest BCUT2D eigenvalue weighted by Gasteiger charge is 2.28. The van der Waals surface area contributed by atoms with Crippen molar-refractivity contribution in [1.29, 1.82) is 0 Å². The molecule has 41 heavy (non-hydrogen) atoms. The van der Waals surface area contributed by atoms with Gasteiger partial charge in [-0.05, 0) is 36.4 Å². The Morgan fingerprint density at radius 1 is 0.512 bits per heavy atom. The maximum absolute atomic E-state index is 5.15. The average Bonchev–Trinajstić information content (AvgIpc) is 3.71. The van der Waals surface area contributed by atoms with Crippen molar-refractivity contribution in [3.05, 3.63) is 133 Å². The maximum atomic E-state index is 5.15. The summed E-state index contributed by atoms with van der Waals surface area (Å²) >= 11 is 3.65. The molecule has 6 aromatic carbocycles. The molecule has 0 saturated carbocycles. The third kappa shape index (κ3) is 3.45. The molecule has 2 heterocycles. The third-order valence-corrected chi connectivity index (χ3v) is 10.3. The molecular formula is C37H22N2S2. The lowest BCUT2D eigenvalue weighted by Gasteiger charge is -2.27. The Balaban J connectivity index is 1.25. The summed E-state index contributed by atoms with van der Waals surface area (Å²) in [5.41, 5.74) is 8.26. The minimum absolute atomic E-state index is 1.07. The van der Waals surface area contributed by atoms with E-state index in [1.807, 2.05) is 11.3 Å². The molecule has 2 nitrogen and oxygen atoms in total. The highest BCUT2D eigenvalue weighted by molar-refractivity contribution is 7.25. The smallest absolute Gasteiger partial charge is 0.124 e. The van der Waals surface area contributed by atoms with Crippen LogP contribution in [0.15, 0.2) is 133 Å². The van der Waals surface area contributed by atoms with Gasteiger partial charge in [0.2, 0.25) is 0 Å². The van der Waals surface area contributed by atoms with E-state index in [1.54, 1.807) is 11.3 Å². The van der Waals surface area contributed by atoms with Crippen LogP contribution >= 0.6 is 22.7 Å². The Kier molecular flexibility index (Phi) is 4.97. The fourth-order valence-electron chi connectivity index (χ4n) is 6.22. The van der Waals surface area contributed by atoms with Crippen molar-refractivity contribution < 1.29 is 0 Å². The molecule has 0 unspecified atom stereocenters. The van der Waals surface area contributed by atoms with Crippen LogP contribution in [0.1, 0.15) is 0 Å². The van der Waals surface area contributed by atoms with E-state index in [9.17, 15) is 0 Å². The number of aromatic nitrogens is 1. The van der Waals surface area contributed by atoms with E-state index in [1.165, 1.54) is 58.2 Å². The van der Waals surface area contributed by atoms with Crippen LogP contribution in [0.5, 0.6) is 0 Å². The summed E-state index contributed by atoms with van der Waals surface area (Å²) in [6, 6.07) is 48.1. The van der Waals surface area contributed by atoms with Crippen LogP contribution in [-0.4, -0.2) is 4.98 Å². The summed E-state index contributed by atoms with van der Waals surface area (Å²) in [6.45, 7) is 0. The normalized spacial score (nSPS) is 11.9. The van der Waals surface area contributed by atoms with E-state index in [0.717, 1.165) is 22.1 Å². The number of nitrogens with zero attached hydrogens (tertiary/aromatic N) is 2. The van der Waals surface area contributed by atoms with Crippen molar-refractivity contribution in [2.75, 3.05) is 4.90 Å². The molecule has 0 amide bonds. The summed E-state index contributed by atoms with van der Waals surface area (Å²) in [6.07, 6.45) is 0. The Labute approximate surface area is 245 Å². The van der Waals surface area contributed by atoms with Gasteiger partial charge in [-0.2, -0.15) is 0 Å². The van der Waals surface area contributed by atoms with Gasteiger partial charge < -0.3 is 4.90 Å². The zero-order valence-corrected chi connectivity index (χ0v) is 23.5. The fourth-order valence-corrected chi connectivity index (χ4v) is 8.48. The van der Waals surface area contributed by atoms with E-state index in [2.05, 4.69) is 138 Å². The van der Waals surface area contributed by atoms with Gasteiger partial charge >= 0.3 is 0 Å². The summed E-state index contributed by atoms with van der Waals surface area (Å²) in [5.74, 6) is 0. The van der Waals surface area contributed by atoms with Gasteiger partial charge in [0.05, 0.1) is 16.3 Å². The lowest BCUT2D eigenvalue weighted by molar-refractivity contribution is 1.31. The van der Waals surface area contributed by atoms with Crippen molar-refractivity contribution in [1.82, 2.24) is 4.98 Å². The first kappa shape index (κ1) is 23.0. The lowest BCUT2D eigenvalue weighted by Crippen LogP contribution is -2.10. The van der Waals surface area contributed by atoms with Crippen molar-refractivity contribution >= 4 is 70.7 Å². The largest absolute Gasteiger partial charge is 0.310 e. The molecule has 9 rings (SSSR count). The van der Waals surface area contributed by atoms with Crippen LogP contribution in [-0.2, 0) is 0 Å². The molecule has 4 heteroatoms. The Hall–Kier alpha value is -4.77. The van der Waals surface area contributed by atoms with E-state index < -0.39 is 0 Å². The van der Waals surface area contributed by atoms with Crippen LogP contribution in [0.2, 0.25) is 0 Å². The molecule has 192 valence electrons. The number of hydrogen-bond donors (Lipinski definition) is 0. The van der Waals surface area contributed by atoms with Gasteiger partial charge in [-0.1, -0.05) is 97.1 Å². The summed E-state index contributed by atoms with van der Waals surface area (Å²) in [4.78, 5) is 8.82. The molecule has 0 N–H and O–H groups in total. The number of thiazole rings is 1. The first-order valence-electron chi connectivity index (χ1n) is 13.7. The molecule has 1 aliphatic carbocycles. The zero-order valence-electron chi connectivity index (χ0n) is 21.9. The van der Waals surface area contributed by atoms with E-state index >= 15 is 0 Å². The Morgan fingerprint density at radius 3 is 2.15 bits per heavy atom. The number of para-hydroxylation sites is 1. The fraction of sp³-hybridized carbons (Fsp3) is 0. The topological polar surface area (TPSA) is 16.1 Å². The minimum atomic E-state index is 1.07. The number of benzene rings is 6. The molecule has 1 aliphatic rings. The molecule has 0 fully saturated rings. The van der Waals surface area contributed by atoms with Gasteiger partial charge in [0.1, 0.15) is 5.01 Å². The van der Waals surface area contributed by atoms with Gasteiger partial charge in [0.15, 0.2) is 0 Å². The summed E-state index contributed by atoms with van der Waals surface area (Å²) in [7, 11) is 0. The number of fused-ring (bicyclic) bond motifs is 6. The second-order valence-corrected chi connectivity index (χ2v) is 12.5. The van der Waals surface area contributed by atoms with Gasteiger partial charge in [-0.3, -0.25) is 0 Å². The van der Waals surface area contributed by atoms with Crippen LogP contribution in [0.4, 0.5) is 17.1 Å². The summed E-state index contributed by atoms with van der Waals surface area (Å²) < 4.78 is 2.63. The second kappa shape index (κ2) is 8.87. The van der Waals surface area contributed by atoms with E-state index in [4.69, 9.17) is 4.98 Å². The third-order valence-electron chi connectivity index (χ3n) is 8.04. The molecule has 0 aliphatic heterocycles. The molecule has 0 spiro atoms. The Morgan fingerprint density at radius 2 is 1.27 bits per heavy atom. The number of rotatable bonds is 4. The minimum Gasteiger partial charge on any atom is -0.310 e. The SMILES string of the molecule is c1ccc(-c2nc3c(s2)-c2ccc(N(c4ccccc4)c4ccc5c(c4)sc4ccccc45)c4cccc-3c24)cc1. The van der Waals surface area contributed by atoms with E-state index in [-0.39, 0.29) is 0 Å². The van der Waals surface area contributed by atoms with Crippen molar-refractivity contribution in [2.24, 2.45) is 0 Å². The van der Waals surface area contributed by atoms with Crippen molar-refractivity contribution in [2.45, 2.75) is 0 Å². The predicted molar refractivity (Wildman–Crippen MR) is 177 cm³/mol. The molecular weight excluding hydrogens is 537 g/mol. The van der Waals surface area contributed by atoms with Gasteiger partial charge in [-0.15, -0.1) is 22.7 Å². The first-order chi connectivity index (χ1) is 20.3. The van der Waals surface area contributed by atoms with E-state index in [0.29, 0.717) is 0 Å². The number of anilines is 3. The lowest BCUT2D eigenvalue weighted by atomic mass is 10.0. The average molecular weight is 559 g/mol. The second-order valence-electron chi connectivity index (χ2n) is 10.4. The van der Waals surface area contributed by atoms with Crippen LogP contribution in [0, 0.1) is 0 Å². The standard InChI is InChI=1S/C37H22N2S2/c1-3-10-23(11-4-1)37-38-35-29-16-9-15-28-31(21-20-30(34(28)29)36(35)41-37)39(24-12-5-2-6-13-24)25-18-19-27-26-14-7-8-17-32(26)40-33(27)22-25/h1-22H. The highest BCUT2D eigenvalue weighted by atomic mass is 32.1. The van der Waals surface area contributed by atoms with Crippen LogP contribution in [0.3, 0.4) is 0 Å². The quantitative estimate of drug-likeness (QED) is 0.214. The molecule has 0 bridgehead atoms. The van der Waals surface area contributed by atoms with Crippen LogP contribution in [0.25, 0.3) is 63.2 Å². The van der Waals surface area contributed by atoms with Crippen molar-refractivity contribution in [3.8, 4) is 32.3 Å². The molecule has 0 saturated heterocycles. The van der Waals surface area contributed by atoms with Gasteiger partial charge in [0.25, 0.3) is 0 Å². The monoisotopic (exact) mass is 558 g/mol. The Bertz CT molecular complexity index is 2230. The van der Waals surface area contributed by atoms with Crippen LogP contribution < -0.4 is 4.90 Å². The first-order valence-corrected chi connectivity index (χ1v) is 15.4. The molecule has 0 radical (unpaired) electrons. The zero-order chi connectivity index (χ0) is 26.9. The summed E-state index contributed by atoms with van der Waals surface area (Å²) in [5, 5.41) is 6.25. The van der Waals surface area contributed by atoms with Crippen molar-refractivity contribution in [3.63, 3.8) is 0 Å². The molecule has 8 aromatic rings. The van der Waals surface area contributed by atoms with Gasteiger partial charge in [0, 0.05) is 59.0 Å². The predicted octanol–water partition coefficient (Wildman–Crippen LogP) is 11.4. The highest BCUT2D eigenvalue weighted by Crippen LogP contribution is 2.54. The maximum Gasteiger partial charge on any atom is 0.124 e. The molecule has 2 aromatic heterocycles. The number of hydrogen-bond acceptors (Lipinski definition) is 4.